The van der Waals surface area contributed by atoms with Crippen LogP contribution in [0.2, 0.25) is 0 Å². The van der Waals surface area contributed by atoms with Crippen molar-refractivity contribution < 1.29 is 19.0 Å². The number of amides is 1. The summed E-state index contributed by atoms with van der Waals surface area (Å²) in [4.78, 5) is 12.6. The van der Waals surface area contributed by atoms with E-state index >= 15 is 0 Å². The smallest absolute Gasteiger partial charge is 0.257 e. The second-order valence-corrected chi connectivity index (χ2v) is 7.00. The Labute approximate surface area is 187 Å². The number of ether oxygens (including phenoxy) is 3. The molecule has 0 saturated carbocycles. The number of hydrogen-bond donors (Lipinski definition) is 2. The third-order valence-corrected chi connectivity index (χ3v) is 4.67. The van der Waals surface area contributed by atoms with Gasteiger partial charge >= 0.3 is 0 Å². The highest BCUT2D eigenvalue weighted by atomic mass is 32.1. The number of methoxy groups -OCH3 is 2. The summed E-state index contributed by atoms with van der Waals surface area (Å²) in [5.41, 5.74) is 2.32. The second-order valence-electron chi connectivity index (χ2n) is 6.59. The van der Waals surface area contributed by atoms with Crippen molar-refractivity contribution in [1.29, 1.82) is 0 Å². The molecule has 3 aromatic carbocycles. The molecule has 0 aliphatic heterocycles. The Balaban J connectivity index is 1.55. The summed E-state index contributed by atoms with van der Waals surface area (Å²) in [7, 11) is 3.12. The van der Waals surface area contributed by atoms with Gasteiger partial charge in [0.15, 0.2) is 16.6 Å². The van der Waals surface area contributed by atoms with Crippen molar-refractivity contribution >= 4 is 28.9 Å². The Bertz CT molecular complexity index is 1040. The highest BCUT2D eigenvalue weighted by Crippen LogP contribution is 2.29. The maximum absolute atomic E-state index is 12.6. The Morgan fingerprint density at radius 1 is 0.903 bits per heavy atom. The number of hydrogen-bond acceptors (Lipinski definition) is 5. The number of benzene rings is 3. The molecule has 1 amide bonds. The second kappa shape index (κ2) is 11.0. The van der Waals surface area contributed by atoms with Crippen molar-refractivity contribution in [3.8, 4) is 17.2 Å². The monoisotopic (exact) mass is 436 g/mol. The molecule has 7 heteroatoms. The predicted octanol–water partition coefficient (Wildman–Crippen LogP) is 4.45. The lowest BCUT2D eigenvalue weighted by molar-refractivity contribution is 0.0977. The van der Waals surface area contributed by atoms with Gasteiger partial charge in [-0.15, -0.1) is 0 Å². The minimum atomic E-state index is -0.327. The number of carbonyl (C=O) groups excluding carboxylic acids is 1. The molecule has 0 spiro atoms. The quantitative estimate of drug-likeness (QED) is 0.509. The van der Waals surface area contributed by atoms with Gasteiger partial charge in [-0.05, 0) is 48.1 Å². The van der Waals surface area contributed by atoms with Crippen LogP contribution in [0.5, 0.6) is 17.2 Å². The van der Waals surface area contributed by atoms with E-state index in [1.807, 2.05) is 24.3 Å². The number of carbonyl (C=O) groups is 1. The number of rotatable bonds is 8. The number of thiocarbonyl (C=S) groups is 1. The zero-order valence-electron chi connectivity index (χ0n) is 17.4. The van der Waals surface area contributed by atoms with Crippen LogP contribution in [0, 0.1) is 0 Å². The van der Waals surface area contributed by atoms with Gasteiger partial charge in [0.05, 0.1) is 20.8 Å². The van der Waals surface area contributed by atoms with Crippen LogP contribution < -0.4 is 24.8 Å². The van der Waals surface area contributed by atoms with Crippen molar-refractivity contribution in [2.24, 2.45) is 0 Å². The van der Waals surface area contributed by atoms with Crippen LogP contribution in [0.25, 0.3) is 0 Å². The molecule has 0 aromatic heterocycles. The molecule has 6 nitrogen and oxygen atoms in total. The van der Waals surface area contributed by atoms with Crippen LogP contribution in [0.4, 0.5) is 5.69 Å². The summed E-state index contributed by atoms with van der Waals surface area (Å²) in [5, 5.41) is 5.82. The van der Waals surface area contributed by atoms with Crippen LogP contribution in [0.3, 0.4) is 0 Å². The minimum absolute atomic E-state index is 0.174. The maximum Gasteiger partial charge on any atom is 0.257 e. The molecule has 31 heavy (non-hydrogen) atoms. The van der Waals surface area contributed by atoms with E-state index in [0.29, 0.717) is 35.1 Å². The van der Waals surface area contributed by atoms with E-state index in [2.05, 4.69) is 22.8 Å². The highest BCUT2D eigenvalue weighted by molar-refractivity contribution is 7.80. The van der Waals surface area contributed by atoms with Crippen molar-refractivity contribution in [3.05, 3.63) is 83.9 Å². The van der Waals surface area contributed by atoms with Crippen molar-refractivity contribution in [1.82, 2.24) is 5.32 Å². The normalized spacial score (nSPS) is 10.1. The Morgan fingerprint density at radius 2 is 1.68 bits per heavy atom. The fourth-order valence-electron chi connectivity index (χ4n) is 2.91. The van der Waals surface area contributed by atoms with Gasteiger partial charge in [0, 0.05) is 23.7 Å². The summed E-state index contributed by atoms with van der Waals surface area (Å²) in [6.45, 7) is 0.522. The Hall–Kier alpha value is -3.58. The molecule has 2 N–H and O–H groups in total. The van der Waals surface area contributed by atoms with Gasteiger partial charge in [0.25, 0.3) is 5.91 Å². The first-order chi connectivity index (χ1) is 15.1. The lowest BCUT2D eigenvalue weighted by atomic mass is 10.2. The lowest BCUT2D eigenvalue weighted by Crippen LogP contribution is -2.34. The molecule has 3 rings (SSSR count). The lowest BCUT2D eigenvalue weighted by Gasteiger charge is -2.13. The molecule has 0 saturated heterocycles. The van der Waals surface area contributed by atoms with Gasteiger partial charge in [-0.2, -0.15) is 0 Å². The van der Waals surface area contributed by atoms with E-state index in [-0.39, 0.29) is 11.0 Å². The molecule has 0 bridgehead atoms. The van der Waals surface area contributed by atoms with E-state index in [1.54, 1.807) is 50.6 Å². The fraction of sp³-hybridized carbons (Fsp3) is 0.167. The molecule has 0 aliphatic rings. The molecule has 0 unspecified atom stereocenters. The van der Waals surface area contributed by atoms with E-state index in [0.717, 1.165) is 6.42 Å². The first-order valence-corrected chi connectivity index (χ1v) is 10.1. The molecule has 0 radical (unpaired) electrons. The van der Waals surface area contributed by atoms with Gasteiger partial charge in [0.1, 0.15) is 5.75 Å². The van der Waals surface area contributed by atoms with E-state index in [9.17, 15) is 4.79 Å². The van der Waals surface area contributed by atoms with Crippen molar-refractivity contribution in [3.63, 3.8) is 0 Å². The zero-order valence-corrected chi connectivity index (χ0v) is 18.2. The van der Waals surface area contributed by atoms with Gasteiger partial charge in [0.2, 0.25) is 0 Å². The molecule has 0 aliphatic carbocycles. The third-order valence-electron chi connectivity index (χ3n) is 4.47. The summed E-state index contributed by atoms with van der Waals surface area (Å²) in [6, 6.07) is 22.4. The highest BCUT2D eigenvalue weighted by Gasteiger charge is 2.11. The Kier molecular flexibility index (Phi) is 7.84. The topological polar surface area (TPSA) is 68.8 Å². The van der Waals surface area contributed by atoms with Gasteiger partial charge in [-0.3, -0.25) is 10.1 Å². The van der Waals surface area contributed by atoms with Gasteiger partial charge in [-0.25, -0.2) is 0 Å². The molecule has 0 heterocycles. The molecule has 0 atom stereocenters. The van der Waals surface area contributed by atoms with E-state index in [4.69, 9.17) is 26.4 Å². The number of anilines is 1. The van der Waals surface area contributed by atoms with Crippen LogP contribution in [-0.4, -0.2) is 31.8 Å². The molecular weight excluding hydrogens is 412 g/mol. The van der Waals surface area contributed by atoms with Gasteiger partial charge in [-0.1, -0.05) is 36.4 Å². The maximum atomic E-state index is 12.6. The summed E-state index contributed by atoms with van der Waals surface area (Å²) >= 11 is 5.26. The first kappa shape index (κ1) is 22.1. The van der Waals surface area contributed by atoms with Crippen LogP contribution >= 0.6 is 12.2 Å². The third kappa shape index (κ3) is 6.45. The first-order valence-electron chi connectivity index (χ1n) is 9.70. The summed E-state index contributed by atoms with van der Waals surface area (Å²) in [6.07, 6.45) is 0.788. The van der Waals surface area contributed by atoms with Crippen LogP contribution in [0.1, 0.15) is 15.9 Å². The predicted molar refractivity (Wildman–Crippen MR) is 125 cm³/mol. The zero-order chi connectivity index (χ0) is 22.1. The molecule has 3 aromatic rings. The fourth-order valence-corrected chi connectivity index (χ4v) is 3.12. The van der Waals surface area contributed by atoms with Crippen molar-refractivity contribution in [2.45, 2.75) is 6.42 Å². The molecule has 0 fully saturated rings. The molecule has 160 valence electrons. The average molecular weight is 437 g/mol. The van der Waals surface area contributed by atoms with E-state index < -0.39 is 0 Å². The van der Waals surface area contributed by atoms with E-state index in [1.165, 1.54) is 5.56 Å². The summed E-state index contributed by atoms with van der Waals surface area (Å²) < 4.78 is 16.3. The number of nitrogens with one attached hydrogen (secondary N) is 2. The Morgan fingerprint density at radius 3 is 2.42 bits per heavy atom. The van der Waals surface area contributed by atoms with Crippen molar-refractivity contribution in [2.75, 3.05) is 26.1 Å². The van der Waals surface area contributed by atoms with Crippen LogP contribution in [0.15, 0.2) is 72.8 Å². The standard InChI is InChI=1S/C24H24N2O4S/c1-28-21-12-11-19(16-22(21)29-2)25-24(31)26-23(27)18-9-6-10-20(15-18)30-14-13-17-7-4-3-5-8-17/h3-12,15-16H,13-14H2,1-2H3,(H2,25,26,27,31). The molecular formula is C24H24N2O4S. The minimum Gasteiger partial charge on any atom is -0.493 e. The SMILES string of the molecule is COc1ccc(NC(=S)NC(=O)c2cccc(OCCc3ccccc3)c2)cc1OC. The van der Waals surface area contributed by atoms with Gasteiger partial charge < -0.3 is 19.5 Å². The average Bonchev–Trinajstić information content (AvgIpc) is 2.79. The summed E-state index contributed by atoms with van der Waals surface area (Å²) in [5.74, 6) is 1.46. The van der Waals surface area contributed by atoms with Crippen LogP contribution in [-0.2, 0) is 6.42 Å². The largest absolute Gasteiger partial charge is 0.493 e.